The second-order valence-electron chi connectivity index (χ2n) is 5.35. The number of oxime groups is 1. The Kier molecular flexibility index (Phi) is 3.26. The summed E-state index contributed by atoms with van der Waals surface area (Å²) in [5, 5.41) is 17.1. The third kappa shape index (κ3) is 2.36. The highest BCUT2D eigenvalue weighted by atomic mass is 32.1. The Labute approximate surface area is 115 Å². The lowest BCUT2D eigenvalue weighted by Gasteiger charge is -2.04. The predicted molar refractivity (Wildman–Crippen MR) is 73.7 cm³/mol. The molecule has 0 saturated heterocycles. The Morgan fingerprint density at radius 1 is 1.47 bits per heavy atom. The molecular formula is C13H17N3O2S. The monoisotopic (exact) mass is 279 g/mol. The van der Waals surface area contributed by atoms with E-state index in [4.69, 9.17) is 5.21 Å². The van der Waals surface area contributed by atoms with Crippen LogP contribution < -0.4 is 5.32 Å². The van der Waals surface area contributed by atoms with Crippen molar-refractivity contribution in [3.05, 3.63) is 11.1 Å². The van der Waals surface area contributed by atoms with Crippen LogP contribution in [0.3, 0.4) is 0 Å². The third-order valence-corrected chi connectivity index (χ3v) is 4.97. The second kappa shape index (κ2) is 4.92. The Morgan fingerprint density at radius 2 is 2.16 bits per heavy atom. The SMILES string of the molecule is CC(=NO)c1csc(NC(=O)C2C3CCCCC32)n1. The van der Waals surface area contributed by atoms with Crippen molar-refractivity contribution in [1.82, 2.24) is 4.98 Å². The van der Waals surface area contributed by atoms with Crippen LogP contribution in [0.25, 0.3) is 0 Å². The number of nitrogens with one attached hydrogen (secondary N) is 1. The largest absolute Gasteiger partial charge is 0.411 e. The lowest BCUT2D eigenvalue weighted by Crippen LogP contribution is -2.15. The molecule has 6 heteroatoms. The van der Waals surface area contributed by atoms with Crippen LogP contribution in [0.15, 0.2) is 10.5 Å². The molecule has 5 nitrogen and oxygen atoms in total. The molecule has 2 fully saturated rings. The summed E-state index contributed by atoms with van der Waals surface area (Å²) in [4.78, 5) is 16.4. The number of nitrogens with zero attached hydrogens (tertiary/aromatic N) is 2. The van der Waals surface area contributed by atoms with E-state index in [-0.39, 0.29) is 11.8 Å². The lowest BCUT2D eigenvalue weighted by molar-refractivity contribution is -0.117. The Morgan fingerprint density at radius 3 is 2.79 bits per heavy atom. The summed E-state index contributed by atoms with van der Waals surface area (Å²) in [5.41, 5.74) is 1.06. The van der Waals surface area contributed by atoms with Gasteiger partial charge in [-0.1, -0.05) is 18.0 Å². The highest BCUT2D eigenvalue weighted by Crippen LogP contribution is 2.55. The first-order valence-corrected chi connectivity index (χ1v) is 7.54. The van der Waals surface area contributed by atoms with Gasteiger partial charge in [-0.15, -0.1) is 11.3 Å². The number of amides is 1. The van der Waals surface area contributed by atoms with Gasteiger partial charge in [0.15, 0.2) is 5.13 Å². The summed E-state index contributed by atoms with van der Waals surface area (Å²) >= 11 is 1.37. The number of fused-ring (bicyclic) bond motifs is 1. The molecule has 1 amide bonds. The summed E-state index contributed by atoms with van der Waals surface area (Å²) in [7, 11) is 0. The highest BCUT2D eigenvalue weighted by Gasteiger charge is 2.54. The topological polar surface area (TPSA) is 74.6 Å². The van der Waals surface area contributed by atoms with Gasteiger partial charge < -0.3 is 10.5 Å². The first-order valence-electron chi connectivity index (χ1n) is 6.66. The van der Waals surface area contributed by atoms with E-state index in [1.807, 2.05) is 0 Å². The summed E-state index contributed by atoms with van der Waals surface area (Å²) in [6.07, 6.45) is 4.92. The van der Waals surface area contributed by atoms with Gasteiger partial charge in [-0.05, 0) is 31.6 Å². The minimum absolute atomic E-state index is 0.108. The van der Waals surface area contributed by atoms with E-state index in [0.717, 1.165) is 0 Å². The minimum atomic E-state index is 0.108. The number of rotatable bonds is 3. The van der Waals surface area contributed by atoms with Gasteiger partial charge in [-0.2, -0.15) is 0 Å². The van der Waals surface area contributed by atoms with Crippen molar-refractivity contribution in [1.29, 1.82) is 0 Å². The summed E-state index contributed by atoms with van der Waals surface area (Å²) in [6.45, 7) is 1.68. The van der Waals surface area contributed by atoms with E-state index in [0.29, 0.717) is 28.4 Å². The zero-order valence-electron chi connectivity index (χ0n) is 10.8. The van der Waals surface area contributed by atoms with E-state index in [2.05, 4.69) is 15.5 Å². The number of carbonyl (C=O) groups is 1. The second-order valence-corrected chi connectivity index (χ2v) is 6.21. The molecule has 0 aromatic carbocycles. The molecule has 0 spiro atoms. The van der Waals surface area contributed by atoms with Crippen molar-refractivity contribution in [3.63, 3.8) is 0 Å². The molecule has 1 heterocycles. The Bertz CT molecular complexity index is 514. The van der Waals surface area contributed by atoms with E-state index in [9.17, 15) is 4.79 Å². The maximum atomic E-state index is 12.2. The van der Waals surface area contributed by atoms with Crippen LogP contribution in [0, 0.1) is 17.8 Å². The maximum absolute atomic E-state index is 12.2. The van der Waals surface area contributed by atoms with E-state index in [1.54, 1.807) is 12.3 Å². The Hall–Kier alpha value is -1.43. The number of thiazole rings is 1. The number of hydrogen-bond acceptors (Lipinski definition) is 5. The van der Waals surface area contributed by atoms with Crippen molar-refractivity contribution in [2.24, 2.45) is 22.9 Å². The molecule has 2 saturated carbocycles. The van der Waals surface area contributed by atoms with Gasteiger partial charge in [-0.25, -0.2) is 4.98 Å². The molecule has 0 bridgehead atoms. The fourth-order valence-electron chi connectivity index (χ4n) is 3.12. The summed E-state index contributed by atoms with van der Waals surface area (Å²) < 4.78 is 0. The molecule has 1 aromatic rings. The van der Waals surface area contributed by atoms with Crippen molar-refractivity contribution >= 4 is 28.1 Å². The summed E-state index contributed by atoms with van der Waals surface area (Å²) in [6, 6.07) is 0. The fraction of sp³-hybridized carbons (Fsp3) is 0.615. The first kappa shape index (κ1) is 12.6. The molecule has 2 atom stereocenters. The van der Waals surface area contributed by atoms with Crippen molar-refractivity contribution in [2.45, 2.75) is 32.6 Å². The molecule has 2 N–H and O–H groups in total. The molecule has 0 aliphatic heterocycles. The van der Waals surface area contributed by atoms with Crippen molar-refractivity contribution < 1.29 is 10.0 Å². The molecule has 19 heavy (non-hydrogen) atoms. The molecule has 102 valence electrons. The zero-order valence-corrected chi connectivity index (χ0v) is 11.6. The first-order chi connectivity index (χ1) is 9.20. The van der Waals surface area contributed by atoms with Gasteiger partial charge in [0.1, 0.15) is 11.4 Å². The zero-order chi connectivity index (χ0) is 13.4. The van der Waals surface area contributed by atoms with E-state index in [1.165, 1.54) is 37.0 Å². The molecule has 3 rings (SSSR count). The molecule has 2 aliphatic rings. The fourth-order valence-corrected chi connectivity index (χ4v) is 3.88. The minimum Gasteiger partial charge on any atom is -0.411 e. The number of carbonyl (C=O) groups excluding carboxylic acids is 1. The number of anilines is 1. The highest BCUT2D eigenvalue weighted by molar-refractivity contribution is 7.14. The summed E-state index contributed by atoms with van der Waals surface area (Å²) in [5.74, 6) is 1.52. The van der Waals surface area contributed by atoms with Gasteiger partial charge in [0.05, 0.1) is 0 Å². The van der Waals surface area contributed by atoms with Crippen LogP contribution in [0.4, 0.5) is 5.13 Å². The molecular weight excluding hydrogens is 262 g/mol. The third-order valence-electron chi connectivity index (χ3n) is 4.21. The predicted octanol–water partition coefficient (Wildman–Crippen LogP) is 2.72. The number of hydrogen-bond donors (Lipinski definition) is 2. The molecule has 2 unspecified atom stereocenters. The van der Waals surface area contributed by atoms with Crippen LogP contribution in [-0.4, -0.2) is 21.8 Å². The standard InChI is InChI=1S/C13H17N3O2S/c1-7(16-18)10-6-19-13(14-10)15-12(17)11-8-4-2-3-5-9(8)11/h6,8-9,11,18H,2-5H2,1H3,(H,14,15,17). The molecule has 0 radical (unpaired) electrons. The van der Waals surface area contributed by atoms with E-state index >= 15 is 0 Å². The van der Waals surface area contributed by atoms with Crippen LogP contribution in [-0.2, 0) is 4.79 Å². The van der Waals surface area contributed by atoms with E-state index < -0.39 is 0 Å². The Balaban J connectivity index is 1.62. The van der Waals surface area contributed by atoms with Crippen LogP contribution in [0.1, 0.15) is 38.3 Å². The van der Waals surface area contributed by atoms with Gasteiger partial charge >= 0.3 is 0 Å². The molecule has 1 aromatic heterocycles. The average molecular weight is 279 g/mol. The average Bonchev–Trinajstić information content (AvgIpc) is 2.99. The van der Waals surface area contributed by atoms with Gasteiger partial charge in [0.2, 0.25) is 5.91 Å². The van der Waals surface area contributed by atoms with Crippen LogP contribution in [0.2, 0.25) is 0 Å². The van der Waals surface area contributed by atoms with Gasteiger partial charge in [-0.3, -0.25) is 4.79 Å². The van der Waals surface area contributed by atoms with Gasteiger partial charge in [0, 0.05) is 11.3 Å². The van der Waals surface area contributed by atoms with Gasteiger partial charge in [0.25, 0.3) is 0 Å². The molecule has 2 aliphatic carbocycles. The normalized spacial score (nSPS) is 29.7. The quantitative estimate of drug-likeness (QED) is 0.507. The van der Waals surface area contributed by atoms with Crippen molar-refractivity contribution in [2.75, 3.05) is 5.32 Å². The van der Waals surface area contributed by atoms with Crippen molar-refractivity contribution in [3.8, 4) is 0 Å². The smallest absolute Gasteiger partial charge is 0.229 e. The van der Waals surface area contributed by atoms with Crippen LogP contribution >= 0.6 is 11.3 Å². The van der Waals surface area contributed by atoms with Crippen LogP contribution in [0.5, 0.6) is 0 Å². The number of aromatic nitrogens is 1. The maximum Gasteiger partial charge on any atom is 0.229 e. The lowest BCUT2D eigenvalue weighted by atomic mass is 10.0.